The van der Waals surface area contributed by atoms with Crippen LogP contribution in [0.2, 0.25) is 0 Å². The van der Waals surface area contributed by atoms with Crippen molar-refractivity contribution < 1.29 is 4.79 Å². The number of hydrogen-bond donors (Lipinski definition) is 4. The van der Waals surface area contributed by atoms with E-state index in [0.29, 0.717) is 35.4 Å². The Bertz CT molecular complexity index is 642. The normalized spacial score (nSPS) is 33.8. The standard InChI is InChI=1S/C24H45N7OS/c1-25-9-8-23(29-20-6-7-21-22(15-20)33-17-28-21)27-16-26-19-5-3-4-18(14-19)24(32)31-12-10-30(2)11-13-31/h17-23,25-27,29H,3-16H2,1-2H3. The van der Waals surface area contributed by atoms with Crippen LogP contribution in [0.3, 0.4) is 0 Å². The molecule has 2 saturated carbocycles. The Hall–Kier alpha value is -0.710. The van der Waals surface area contributed by atoms with Crippen LogP contribution in [-0.4, -0.2) is 104 Å². The van der Waals surface area contributed by atoms with E-state index in [1.54, 1.807) is 0 Å². The third kappa shape index (κ3) is 7.39. The smallest absolute Gasteiger partial charge is 0.225 e. The van der Waals surface area contributed by atoms with Gasteiger partial charge in [0.2, 0.25) is 5.91 Å². The number of piperazine rings is 1. The fraction of sp³-hybridized carbons (Fsp3) is 0.917. The van der Waals surface area contributed by atoms with Crippen LogP contribution in [0.1, 0.15) is 51.4 Å². The van der Waals surface area contributed by atoms with Gasteiger partial charge in [-0.05, 0) is 65.6 Å². The van der Waals surface area contributed by atoms with Crippen molar-refractivity contribution in [3.8, 4) is 0 Å². The highest BCUT2D eigenvalue weighted by Crippen LogP contribution is 2.34. The second-order valence-corrected chi connectivity index (χ2v) is 11.5. The fourth-order valence-electron chi connectivity index (χ4n) is 5.80. The van der Waals surface area contributed by atoms with Crippen molar-refractivity contribution in [2.75, 3.05) is 53.5 Å². The van der Waals surface area contributed by atoms with Crippen LogP contribution < -0.4 is 21.3 Å². The number of thioether (sulfide) groups is 1. The number of aliphatic imine (C=N–C) groups is 1. The minimum atomic E-state index is 0.194. The van der Waals surface area contributed by atoms with E-state index in [-0.39, 0.29) is 5.92 Å². The van der Waals surface area contributed by atoms with E-state index in [0.717, 1.165) is 65.1 Å². The Labute approximate surface area is 204 Å². The molecule has 0 spiro atoms. The zero-order chi connectivity index (χ0) is 23.0. The van der Waals surface area contributed by atoms with Gasteiger partial charge in [0.1, 0.15) is 0 Å². The lowest BCUT2D eigenvalue weighted by molar-refractivity contribution is -0.138. The van der Waals surface area contributed by atoms with Crippen LogP contribution in [-0.2, 0) is 4.79 Å². The Balaban J connectivity index is 1.19. The van der Waals surface area contributed by atoms with Gasteiger partial charge < -0.3 is 20.4 Å². The van der Waals surface area contributed by atoms with Gasteiger partial charge in [-0.25, -0.2) is 0 Å². The van der Waals surface area contributed by atoms with Crippen molar-refractivity contribution in [1.29, 1.82) is 0 Å². The van der Waals surface area contributed by atoms with Gasteiger partial charge in [0.25, 0.3) is 0 Å². The Morgan fingerprint density at radius 2 is 1.97 bits per heavy atom. The molecule has 2 heterocycles. The van der Waals surface area contributed by atoms with E-state index in [1.165, 1.54) is 25.7 Å². The van der Waals surface area contributed by atoms with Gasteiger partial charge >= 0.3 is 0 Å². The van der Waals surface area contributed by atoms with Crippen molar-refractivity contribution in [2.45, 2.75) is 80.9 Å². The molecule has 0 aromatic rings. The first-order valence-electron chi connectivity index (χ1n) is 13.1. The number of fused-ring (bicyclic) bond motifs is 1. The van der Waals surface area contributed by atoms with Crippen LogP contribution in [0.15, 0.2) is 4.99 Å². The maximum Gasteiger partial charge on any atom is 0.225 e. The first-order valence-corrected chi connectivity index (χ1v) is 14.1. The predicted octanol–water partition coefficient (Wildman–Crippen LogP) is 1.05. The maximum absolute atomic E-state index is 13.0. The van der Waals surface area contributed by atoms with Crippen LogP contribution in [0, 0.1) is 5.92 Å². The van der Waals surface area contributed by atoms with Crippen LogP contribution in [0.5, 0.6) is 0 Å². The van der Waals surface area contributed by atoms with E-state index in [2.05, 4.69) is 48.7 Å². The van der Waals surface area contributed by atoms with E-state index >= 15 is 0 Å². The second-order valence-electron chi connectivity index (χ2n) is 10.4. The first kappa shape index (κ1) is 25.4. The number of nitrogens with one attached hydrogen (secondary N) is 4. The molecule has 0 bridgehead atoms. The number of likely N-dealkylation sites (N-methyl/N-ethyl adjacent to an activating group) is 1. The third-order valence-electron chi connectivity index (χ3n) is 7.94. The molecule has 4 N–H and O–H groups in total. The lowest BCUT2D eigenvalue weighted by Crippen LogP contribution is -2.54. The largest absolute Gasteiger partial charge is 0.340 e. The molecular formula is C24H45N7OS. The molecule has 6 atom stereocenters. The Morgan fingerprint density at radius 1 is 1.12 bits per heavy atom. The van der Waals surface area contributed by atoms with Gasteiger partial charge in [0.05, 0.1) is 17.8 Å². The predicted molar refractivity (Wildman–Crippen MR) is 138 cm³/mol. The summed E-state index contributed by atoms with van der Waals surface area (Å²) in [7, 11) is 4.16. The second kappa shape index (κ2) is 12.8. The molecule has 33 heavy (non-hydrogen) atoms. The van der Waals surface area contributed by atoms with Crippen molar-refractivity contribution >= 4 is 23.2 Å². The van der Waals surface area contributed by atoms with Gasteiger partial charge in [-0.3, -0.25) is 20.4 Å². The molecule has 188 valence electrons. The molecule has 0 radical (unpaired) electrons. The average Bonchev–Trinajstić information content (AvgIpc) is 3.30. The lowest BCUT2D eigenvalue weighted by Gasteiger charge is -2.37. The summed E-state index contributed by atoms with van der Waals surface area (Å²) in [4.78, 5) is 22.1. The Kier molecular flexibility index (Phi) is 9.87. The van der Waals surface area contributed by atoms with Crippen molar-refractivity contribution in [3.05, 3.63) is 0 Å². The summed E-state index contributed by atoms with van der Waals surface area (Å²) in [5.41, 5.74) is 2.06. The fourth-order valence-corrected chi connectivity index (χ4v) is 6.92. The van der Waals surface area contributed by atoms with Gasteiger partial charge in [-0.1, -0.05) is 6.42 Å². The number of nitrogens with zero attached hydrogens (tertiary/aromatic N) is 3. The molecule has 0 aromatic carbocycles. The summed E-state index contributed by atoms with van der Waals surface area (Å²) < 4.78 is 0. The minimum absolute atomic E-state index is 0.194. The highest BCUT2D eigenvalue weighted by molar-refractivity contribution is 8.12. The first-order chi connectivity index (χ1) is 16.1. The molecule has 0 aromatic heterocycles. The van der Waals surface area contributed by atoms with Gasteiger partial charge in [-0.2, -0.15) is 0 Å². The molecule has 6 unspecified atom stereocenters. The molecule has 4 aliphatic rings. The molecular weight excluding hydrogens is 434 g/mol. The summed E-state index contributed by atoms with van der Waals surface area (Å²) in [6.45, 7) is 5.55. The van der Waals surface area contributed by atoms with Gasteiger partial charge in [0, 0.05) is 56.1 Å². The summed E-state index contributed by atoms with van der Waals surface area (Å²) >= 11 is 1.91. The molecule has 4 rings (SSSR count). The monoisotopic (exact) mass is 479 g/mol. The quantitative estimate of drug-likeness (QED) is 0.349. The number of rotatable bonds is 10. The van der Waals surface area contributed by atoms with Gasteiger partial charge in [0.15, 0.2) is 0 Å². The van der Waals surface area contributed by atoms with Gasteiger partial charge in [-0.15, -0.1) is 11.8 Å². The van der Waals surface area contributed by atoms with E-state index in [1.807, 2.05) is 18.8 Å². The Morgan fingerprint density at radius 3 is 2.79 bits per heavy atom. The summed E-state index contributed by atoms with van der Waals surface area (Å²) in [6.07, 6.45) is 9.32. The van der Waals surface area contributed by atoms with Crippen molar-refractivity contribution in [2.24, 2.45) is 10.9 Å². The SMILES string of the molecule is CNCCC(NCNC1CCCC(C(=O)N2CCN(C)CC2)C1)NC1CCC2N=CSC2C1. The summed E-state index contributed by atoms with van der Waals surface area (Å²) in [5.74, 6) is 0.583. The number of carbonyl (C=O) groups is 1. The zero-order valence-corrected chi connectivity index (χ0v) is 21.4. The van der Waals surface area contributed by atoms with E-state index in [9.17, 15) is 4.79 Å². The topological polar surface area (TPSA) is 84.0 Å². The molecule has 1 amide bonds. The molecule has 1 saturated heterocycles. The van der Waals surface area contributed by atoms with Crippen molar-refractivity contribution in [3.63, 3.8) is 0 Å². The lowest BCUT2D eigenvalue weighted by atomic mass is 9.84. The molecule has 2 aliphatic heterocycles. The average molecular weight is 480 g/mol. The third-order valence-corrected chi connectivity index (χ3v) is 9.04. The maximum atomic E-state index is 13.0. The number of hydrogen-bond acceptors (Lipinski definition) is 8. The number of amides is 1. The zero-order valence-electron chi connectivity index (χ0n) is 20.6. The molecule has 3 fully saturated rings. The van der Waals surface area contributed by atoms with Crippen LogP contribution >= 0.6 is 11.8 Å². The van der Waals surface area contributed by atoms with Crippen molar-refractivity contribution in [1.82, 2.24) is 31.1 Å². The summed E-state index contributed by atoms with van der Waals surface area (Å²) in [6, 6.07) is 1.54. The highest BCUT2D eigenvalue weighted by atomic mass is 32.2. The minimum Gasteiger partial charge on any atom is -0.340 e. The van der Waals surface area contributed by atoms with E-state index in [4.69, 9.17) is 0 Å². The highest BCUT2D eigenvalue weighted by Gasteiger charge is 2.34. The van der Waals surface area contributed by atoms with Crippen LogP contribution in [0.4, 0.5) is 0 Å². The molecule has 8 nitrogen and oxygen atoms in total. The molecule has 2 aliphatic carbocycles. The summed E-state index contributed by atoms with van der Waals surface area (Å²) in [5, 5.41) is 15.3. The van der Waals surface area contributed by atoms with Crippen LogP contribution in [0.25, 0.3) is 0 Å². The molecule has 9 heteroatoms. The van der Waals surface area contributed by atoms with E-state index < -0.39 is 0 Å². The number of carbonyl (C=O) groups excluding carboxylic acids is 1.